The number of hydrogen-bond donors (Lipinski definition) is 2. The minimum Gasteiger partial charge on any atom is -0.478 e. The van der Waals surface area contributed by atoms with Crippen molar-refractivity contribution in [3.05, 3.63) is 65.1 Å². The standard InChI is InChI=1S/C21H26N6S.C4H4O4/c1-25-12-14-26(15-13-25)10-4-5-11-27-18-6-2-3-7-20(18)28-21-16-17(23-24-22)8-9-19(21)27;5-3(6)1-2-4(7)8/h2-3,6-9,16H,4-5,10-15H2,1H3;1-2H,(H,5,6)(H,7,8)/b;2-1+. The predicted octanol–water partition coefficient (Wildman–Crippen LogP) is 4.97. The molecule has 2 heterocycles. The second-order valence-electron chi connectivity index (χ2n) is 8.42. The van der Waals surface area contributed by atoms with Gasteiger partial charge in [0.05, 0.1) is 11.4 Å². The van der Waals surface area contributed by atoms with Crippen LogP contribution in [0.1, 0.15) is 12.8 Å². The number of anilines is 2. The highest BCUT2D eigenvalue weighted by Gasteiger charge is 2.23. The van der Waals surface area contributed by atoms with Crippen LogP contribution in [-0.2, 0) is 9.59 Å². The third-order valence-electron chi connectivity index (χ3n) is 5.84. The van der Waals surface area contributed by atoms with Crippen molar-refractivity contribution < 1.29 is 19.8 Å². The third kappa shape index (κ3) is 8.03. The van der Waals surface area contributed by atoms with Crippen molar-refractivity contribution in [2.24, 2.45) is 5.11 Å². The summed E-state index contributed by atoms with van der Waals surface area (Å²) in [4.78, 5) is 31.8. The van der Waals surface area contributed by atoms with Gasteiger partial charge in [-0.1, -0.05) is 35.1 Å². The van der Waals surface area contributed by atoms with Crippen molar-refractivity contribution in [3.8, 4) is 0 Å². The molecular formula is C25H30N6O4S. The fraction of sp³-hybridized carbons (Fsp3) is 0.360. The van der Waals surface area contributed by atoms with E-state index in [1.807, 2.05) is 12.1 Å². The number of aliphatic carboxylic acids is 2. The first-order valence-corrected chi connectivity index (χ1v) is 12.5. The van der Waals surface area contributed by atoms with E-state index in [4.69, 9.17) is 15.7 Å². The Kier molecular flexibility index (Phi) is 10.2. The summed E-state index contributed by atoms with van der Waals surface area (Å²) in [6, 6.07) is 14.5. The van der Waals surface area contributed by atoms with Crippen molar-refractivity contribution in [2.45, 2.75) is 22.6 Å². The number of fused-ring (bicyclic) bond motifs is 2. The van der Waals surface area contributed by atoms with E-state index in [-0.39, 0.29) is 0 Å². The van der Waals surface area contributed by atoms with Gasteiger partial charge in [-0.3, -0.25) is 0 Å². The quantitative estimate of drug-likeness (QED) is 0.167. The lowest BCUT2D eigenvalue weighted by Gasteiger charge is -2.34. The van der Waals surface area contributed by atoms with Gasteiger partial charge in [-0.15, -0.1) is 0 Å². The number of carboxylic acid groups (broad SMARTS) is 2. The summed E-state index contributed by atoms with van der Waals surface area (Å²) in [6.07, 6.45) is 3.48. The van der Waals surface area contributed by atoms with E-state index in [0.717, 1.165) is 17.9 Å². The number of benzene rings is 2. The summed E-state index contributed by atoms with van der Waals surface area (Å²) in [5.74, 6) is -2.51. The normalized spacial score (nSPS) is 15.3. The van der Waals surface area contributed by atoms with E-state index in [2.05, 4.69) is 62.1 Å². The summed E-state index contributed by atoms with van der Waals surface area (Å²) in [5, 5.41) is 19.4. The van der Waals surface area contributed by atoms with Crippen LogP contribution in [0.5, 0.6) is 0 Å². The van der Waals surface area contributed by atoms with Crippen LogP contribution < -0.4 is 4.90 Å². The van der Waals surface area contributed by atoms with E-state index in [1.54, 1.807) is 11.8 Å². The highest BCUT2D eigenvalue weighted by atomic mass is 32.2. The number of nitrogens with zero attached hydrogens (tertiary/aromatic N) is 6. The van der Waals surface area contributed by atoms with E-state index in [0.29, 0.717) is 17.8 Å². The van der Waals surface area contributed by atoms with Gasteiger partial charge in [-0.25, -0.2) is 9.59 Å². The average molecular weight is 511 g/mol. The van der Waals surface area contributed by atoms with Crippen LogP contribution in [0.15, 0.2) is 69.5 Å². The van der Waals surface area contributed by atoms with Gasteiger partial charge in [0.1, 0.15) is 0 Å². The number of carboxylic acids is 2. The molecule has 0 unspecified atom stereocenters. The Hall–Kier alpha value is -3.50. The maximum absolute atomic E-state index is 9.55. The van der Waals surface area contributed by atoms with Gasteiger partial charge >= 0.3 is 11.9 Å². The molecule has 0 saturated carbocycles. The molecule has 2 aliphatic rings. The molecule has 0 aromatic heterocycles. The lowest BCUT2D eigenvalue weighted by atomic mass is 10.1. The Morgan fingerprint density at radius 3 is 2.28 bits per heavy atom. The smallest absolute Gasteiger partial charge is 0.328 e. The molecule has 4 rings (SSSR count). The predicted molar refractivity (Wildman–Crippen MR) is 140 cm³/mol. The molecule has 2 aromatic rings. The van der Waals surface area contributed by atoms with Crippen LogP contribution in [0.4, 0.5) is 17.1 Å². The Labute approximate surface area is 214 Å². The SMILES string of the molecule is CN1CCN(CCCCN2c3ccccc3Sc3cc(N=[N+]=[N-])ccc32)CC1.O=C(O)/C=C/C(=O)O. The Morgan fingerprint density at radius 2 is 1.61 bits per heavy atom. The number of carbonyl (C=O) groups is 2. The van der Waals surface area contributed by atoms with Crippen LogP contribution in [0.25, 0.3) is 10.4 Å². The minimum absolute atomic E-state index is 0.558. The molecule has 0 atom stereocenters. The molecule has 1 fully saturated rings. The van der Waals surface area contributed by atoms with E-state index < -0.39 is 11.9 Å². The molecule has 36 heavy (non-hydrogen) atoms. The molecule has 0 spiro atoms. The number of azide groups is 1. The summed E-state index contributed by atoms with van der Waals surface area (Å²) in [7, 11) is 2.20. The lowest BCUT2D eigenvalue weighted by molar-refractivity contribution is -0.134. The van der Waals surface area contributed by atoms with Crippen molar-refractivity contribution in [3.63, 3.8) is 0 Å². The summed E-state index contributed by atoms with van der Waals surface area (Å²) < 4.78 is 0. The Morgan fingerprint density at radius 1 is 0.972 bits per heavy atom. The number of para-hydroxylation sites is 1. The van der Waals surface area contributed by atoms with E-state index >= 15 is 0 Å². The second kappa shape index (κ2) is 13.6. The topological polar surface area (TPSA) is 133 Å². The molecule has 10 nitrogen and oxygen atoms in total. The van der Waals surface area contributed by atoms with E-state index in [9.17, 15) is 9.59 Å². The zero-order valence-corrected chi connectivity index (χ0v) is 21.0. The van der Waals surface area contributed by atoms with Crippen LogP contribution in [0.3, 0.4) is 0 Å². The lowest BCUT2D eigenvalue weighted by Crippen LogP contribution is -2.44. The highest BCUT2D eigenvalue weighted by molar-refractivity contribution is 7.99. The molecule has 0 aliphatic carbocycles. The first-order chi connectivity index (χ1) is 17.4. The molecule has 1 saturated heterocycles. The van der Waals surface area contributed by atoms with Gasteiger partial charge in [-0.2, -0.15) is 0 Å². The summed E-state index contributed by atoms with van der Waals surface area (Å²) in [5.41, 5.74) is 11.9. The second-order valence-corrected chi connectivity index (χ2v) is 9.51. The monoisotopic (exact) mass is 510 g/mol. The Balaban J connectivity index is 0.000000392. The third-order valence-corrected chi connectivity index (χ3v) is 6.95. The molecule has 0 amide bonds. The molecule has 11 heteroatoms. The number of hydrogen-bond acceptors (Lipinski definition) is 7. The number of likely N-dealkylation sites (N-methyl/N-ethyl adjacent to an activating group) is 1. The van der Waals surface area contributed by atoms with Gasteiger partial charge in [0, 0.05) is 65.3 Å². The number of rotatable bonds is 8. The van der Waals surface area contributed by atoms with Crippen molar-refractivity contribution in [1.29, 1.82) is 0 Å². The largest absolute Gasteiger partial charge is 0.478 e. The summed E-state index contributed by atoms with van der Waals surface area (Å²) in [6.45, 7) is 6.91. The molecule has 0 bridgehead atoms. The van der Waals surface area contributed by atoms with Crippen LogP contribution in [-0.4, -0.2) is 78.3 Å². The summed E-state index contributed by atoms with van der Waals surface area (Å²) >= 11 is 1.75. The van der Waals surface area contributed by atoms with Gasteiger partial charge in [0.15, 0.2) is 0 Å². The molecule has 2 aliphatic heterocycles. The number of piperazine rings is 1. The van der Waals surface area contributed by atoms with Gasteiger partial charge in [-0.05, 0) is 56.2 Å². The number of unbranched alkanes of at least 4 members (excludes halogenated alkanes) is 1. The van der Waals surface area contributed by atoms with Crippen molar-refractivity contribution >= 4 is 40.8 Å². The van der Waals surface area contributed by atoms with Gasteiger partial charge < -0.3 is 24.9 Å². The zero-order valence-electron chi connectivity index (χ0n) is 20.2. The maximum Gasteiger partial charge on any atom is 0.328 e. The van der Waals surface area contributed by atoms with Crippen molar-refractivity contribution in [2.75, 3.05) is 51.2 Å². The van der Waals surface area contributed by atoms with Crippen LogP contribution >= 0.6 is 11.8 Å². The van der Waals surface area contributed by atoms with Gasteiger partial charge in [0.25, 0.3) is 0 Å². The van der Waals surface area contributed by atoms with Crippen LogP contribution in [0.2, 0.25) is 0 Å². The van der Waals surface area contributed by atoms with E-state index in [1.165, 1.54) is 55.4 Å². The molecule has 2 aromatic carbocycles. The van der Waals surface area contributed by atoms with Gasteiger partial charge in [0.2, 0.25) is 0 Å². The fourth-order valence-electron chi connectivity index (χ4n) is 4.00. The Bertz CT molecular complexity index is 1130. The molecule has 2 N–H and O–H groups in total. The molecule has 190 valence electrons. The highest BCUT2D eigenvalue weighted by Crippen LogP contribution is 2.49. The molecular weight excluding hydrogens is 480 g/mol. The zero-order chi connectivity index (χ0) is 25.9. The molecule has 0 radical (unpaired) electrons. The first kappa shape index (κ1) is 27.1. The van der Waals surface area contributed by atoms with Crippen LogP contribution in [0, 0.1) is 0 Å². The first-order valence-electron chi connectivity index (χ1n) is 11.7. The minimum atomic E-state index is -1.26. The maximum atomic E-state index is 9.55. The van der Waals surface area contributed by atoms with Crippen molar-refractivity contribution in [1.82, 2.24) is 9.80 Å². The average Bonchev–Trinajstić information content (AvgIpc) is 2.86. The fourth-order valence-corrected chi connectivity index (χ4v) is 5.13.